The van der Waals surface area contributed by atoms with Crippen LogP contribution in [0, 0.1) is 0 Å². The van der Waals surface area contributed by atoms with Gasteiger partial charge >= 0.3 is 5.97 Å². The molecule has 3 rings (SSSR count). The molecule has 0 unspecified atom stereocenters. The molecule has 3 aromatic rings. The number of hydrogen-bond donors (Lipinski definition) is 1. The third-order valence-electron chi connectivity index (χ3n) is 5.31. The van der Waals surface area contributed by atoms with E-state index in [1.54, 1.807) is 29.6 Å². The van der Waals surface area contributed by atoms with Gasteiger partial charge in [0.15, 0.2) is 0 Å². The van der Waals surface area contributed by atoms with E-state index in [0.29, 0.717) is 30.9 Å². The average Bonchev–Trinajstić information content (AvgIpc) is 3.35. The number of hydrogen-bond acceptors (Lipinski definition) is 5. The molecular formula is C26H30N2O5. The van der Waals surface area contributed by atoms with Crippen molar-refractivity contribution in [2.24, 2.45) is 0 Å². The van der Waals surface area contributed by atoms with E-state index >= 15 is 0 Å². The minimum absolute atomic E-state index is 0.0219. The Bertz CT molecular complexity index is 1030. The molecule has 2 heterocycles. The summed E-state index contributed by atoms with van der Waals surface area (Å²) in [4.78, 5) is 29.9. The lowest BCUT2D eigenvalue weighted by atomic mass is 10.1. The van der Waals surface area contributed by atoms with Crippen LogP contribution >= 0.6 is 0 Å². The van der Waals surface area contributed by atoms with Gasteiger partial charge in [-0.2, -0.15) is 0 Å². The predicted molar refractivity (Wildman–Crippen MR) is 125 cm³/mol. The van der Waals surface area contributed by atoms with Crippen molar-refractivity contribution >= 4 is 11.9 Å². The first-order valence-electron chi connectivity index (χ1n) is 11.2. The molecule has 0 spiro atoms. The van der Waals surface area contributed by atoms with E-state index < -0.39 is 5.97 Å². The van der Waals surface area contributed by atoms with Crippen LogP contribution in [0.2, 0.25) is 0 Å². The van der Waals surface area contributed by atoms with E-state index in [2.05, 4.69) is 4.98 Å². The second kappa shape index (κ2) is 11.9. The first-order valence-corrected chi connectivity index (χ1v) is 11.2. The minimum atomic E-state index is -0.776. The number of aromatic nitrogens is 1. The van der Waals surface area contributed by atoms with E-state index in [1.165, 1.54) is 0 Å². The van der Waals surface area contributed by atoms with Crippen LogP contribution in [0.1, 0.15) is 55.5 Å². The van der Waals surface area contributed by atoms with Crippen molar-refractivity contribution in [2.75, 3.05) is 6.61 Å². The molecule has 2 aromatic heterocycles. The molecule has 0 aliphatic rings. The topological polar surface area (TPSA) is 92.9 Å². The number of furan rings is 1. The van der Waals surface area contributed by atoms with Crippen molar-refractivity contribution in [1.82, 2.24) is 9.88 Å². The summed E-state index contributed by atoms with van der Waals surface area (Å²) in [6.07, 6.45) is 7.38. The van der Waals surface area contributed by atoms with Crippen LogP contribution in [0.5, 0.6) is 5.75 Å². The second-order valence-electron chi connectivity index (χ2n) is 8.12. The van der Waals surface area contributed by atoms with E-state index in [-0.39, 0.29) is 18.4 Å². The molecule has 174 valence electrons. The molecule has 33 heavy (non-hydrogen) atoms. The summed E-state index contributed by atoms with van der Waals surface area (Å²) in [5, 5.41) is 8.72. The Morgan fingerprint density at radius 3 is 2.55 bits per heavy atom. The fourth-order valence-corrected chi connectivity index (χ4v) is 3.47. The van der Waals surface area contributed by atoms with Gasteiger partial charge in [0.1, 0.15) is 11.5 Å². The maximum absolute atomic E-state index is 13.3. The number of unbranched alkanes of at least 4 members (excludes halogenated alkanes) is 2. The first-order chi connectivity index (χ1) is 16.0. The molecule has 1 aromatic carbocycles. The maximum Gasteiger partial charge on any atom is 0.303 e. The van der Waals surface area contributed by atoms with Crippen molar-refractivity contribution in [1.29, 1.82) is 0 Å². The Morgan fingerprint density at radius 1 is 1.09 bits per heavy atom. The summed E-state index contributed by atoms with van der Waals surface area (Å²) in [5.74, 6) is 0.602. The van der Waals surface area contributed by atoms with Crippen LogP contribution in [0.4, 0.5) is 0 Å². The quantitative estimate of drug-likeness (QED) is 0.371. The zero-order chi connectivity index (χ0) is 23.6. The van der Waals surface area contributed by atoms with E-state index in [1.807, 2.05) is 50.2 Å². The fraction of sp³-hybridized carbons (Fsp3) is 0.346. The van der Waals surface area contributed by atoms with E-state index in [4.69, 9.17) is 14.3 Å². The number of carbonyl (C=O) groups is 2. The van der Waals surface area contributed by atoms with Gasteiger partial charge in [-0.25, -0.2) is 0 Å². The average molecular weight is 451 g/mol. The number of rotatable bonds is 12. The minimum Gasteiger partial charge on any atom is -0.493 e. The van der Waals surface area contributed by atoms with Crippen LogP contribution in [-0.4, -0.2) is 39.5 Å². The van der Waals surface area contributed by atoms with Crippen molar-refractivity contribution < 1.29 is 23.8 Å². The third kappa shape index (κ3) is 6.94. The molecule has 0 radical (unpaired) electrons. The Morgan fingerprint density at radius 2 is 1.88 bits per heavy atom. The predicted octanol–water partition coefficient (Wildman–Crippen LogP) is 5.42. The number of carboxylic acid groups (broad SMARTS) is 1. The number of amides is 1. The van der Waals surface area contributed by atoms with Crippen LogP contribution in [-0.2, 0) is 11.3 Å². The highest BCUT2D eigenvalue weighted by Gasteiger charge is 2.21. The highest BCUT2D eigenvalue weighted by molar-refractivity contribution is 5.94. The van der Waals surface area contributed by atoms with Gasteiger partial charge < -0.3 is 19.2 Å². The smallest absolute Gasteiger partial charge is 0.303 e. The van der Waals surface area contributed by atoms with Gasteiger partial charge in [-0.1, -0.05) is 12.1 Å². The fourth-order valence-electron chi connectivity index (χ4n) is 3.47. The highest BCUT2D eigenvalue weighted by atomic mass is 16.5. The molecule has 7 heteroatoms. The summed E-state index contributed by atoms with van der Waals surface area (Å²) in [6, 6.07) is 12.9. The normalized spacial score (nSPS) is 10.9. The summed E-state index contributed by atoms with van der Waals surface area (Å²) in [5.41, 5.74) is 2.35. The molecule has 0 aliphatic carbocycles. The van der Waals surface area contributed by atoms with Crippen LogP contribution in [0.3, 0.4) is 0 Å². The summed E-state index contributed by atoms with van der Waals surface area (Å²) in [7, 11) is 0. The largest absolute Gasteiger partial charge is 0.493 e. The summed E-state index contributed by atoms with van der Waals surface area (Å²) in [6.45, 7) is 4.82. The standard InChI is InChI=1S/C26H30N2O5/c1-19(2)28(26(31)21-11-9-20(10-12-21)23-7-6-16-33-23)18-22-17-27-14-13-24(22)32-15-5-3-4-8-25(29)30/h6-7,9-14,16-17,19H,3-5,8,15,18H2,1-2H3,(H,29,30). The third-order valence-corrected chi connectivity index (χ3v) is 5.31. The van der Waals surface area contributed by atoms with Gasteiger partial charge in [0.25, 0.3) is 5.91 Å². The molecule has 0 saturated heterocycles. The van der Waals surface area contributed by atoms with Gasteiger partial charge in [-0.15, -0.1) is 0 Å². The van der Waals surface area contributed by atoms with Gasteiger partial charge in [-0.3, -0.25) is 14.6 Å². The van der Waals surface area contributed by atoms with Crippen LogP contribution in [0.15, 0.2) is 65.5 Å². The lowest BCUT2D eigenvalue weighted by Crippen LogP contribution is -2.36. The number of carboxylic acids is 1. The van der Waals surface area contributed by atoms with Gasteiger partial charge in [0.05, 0.1) is 19.4 Å². The van der Waals surface area contributed by atoms with Crippen LogP contribution in [0.25, 0.3) is 11.3 Å². The monoisotopic (exact) mass is 450 g/mol. The molecule has 1 amide bonds. The first kappa shape index (κ1) is 24.0. The number of nitrogens with zero attached hydrogens (tertiary/aromatic N) is 2. The van der Waals surface area contributed by atoms with Gasteiger partial charge in [0, 0.05) is 41.5 Å². The number of pyridine rings is 1. The Balaban J connectivity index is 1.64. The van der Waals surface area contributed by atoms with Gasteiger partial charge in [-0.05, 0) is 63.4 Å². The lowest BCUT2D eigenvalue weighted by Gasteiger charge is -2.27. The Hall–Kier alpha value is -3.61. The molecule has 0 bridgehead atoms. The lowest BCUT2D eigenvalue weighted by molar-refractivity contribution is -0.137. The number of aliphatic carboxylic acids is 1. The maximum atomic E-state index is 13.3. The Labute approximate surface area is 194 Å². The second-order valence-corrected chi connectivity index (χ2v) is 8.12. The van der Waals surface area contributed by atoms with Gasteiger partial charge in [0.2, 0.25) is 0 Å². The molecule has 0 aliphatic heterocycles. The van der Waals surface area contributed by atoms with Crippen molar-refractivity contribution in [3.8, 4) is 17.1 Å². The summed E-state index contributed by atoms with van der Waals surface area (Å²) >= 11 is 0. The SMILES string of the molecule is CC(C)N(Cc1cnccc1OCCCCCC(=O)O)C(=O)c1ccc(-c2ccco2)cc1. The molecule has 1 N–H and O–H groups in total. The van der Waals surface area contributed by atoms with Crippen molar-refractivity contribution in [3.63, 3.8) is 0 Å². The molecule has 0 saturated carbocycles. The summed E-state index contributed by atoms with van der Waals surface area (Å²) < 4.78 is 11.4. The Kier molecular flexibility index (Phi) is 8.63. The van der Waals surface area contributed by atoms with Crippen molar-refractivity contribution in [3.05, 3.63) is 72.2 Å². The van der Waals surface area contributed by atoms with E-state index in [0.717, 1.165) is 29.7 Å². The van der Waals surface area contributed by atoms with Crippen LogP contribution < -0.4 is 4.74 Å². The molecule has 0 fully saturated rings. The number of carbonyl (C=O) groups excluding carboxylic acids is 1. The number of ether oxygens (including phenoxy) is 1. The zero-order valence-corrected chi connectivity index (χ0v) is 19.1. The van der Waals surface area contributed by atoms with E-state index in [9.17, 15) is 9.59 Å². The molecular weight excluding hydrogens is 420 g/mol. The zero-order valence-electron chi connectivity index (χ0n) is 19.1. The van der Waals surface area contributed by atoms with Crippen molar-refractivity contribution in [2.45, 2.75) is 52.1 Å². The molecule has 7 nitrogen and oxygen atoms in total. The molecule has 0 atom stereocenters. The highest BCUT2D eigenvalue weighted by Crippen LogP contribution is 2.24. The number of benzene rings is 1.